The van der Waals surface area contributed by atoms with Gasteiger partial charge in [-0.2, -0.15) is 0 Å². The molecule has 1 saturated heterocycles. The molecule has 1 heterocycles. The molecule has 0 aliphatic carbocycles. The first kappa shape index (κ1) is 11.4. The van der Waals surface area contributed by atoms with Crippen molar-refractivity contribution in [3.8, 4) is 0 Å². The second-order valence-electron chi connectivity index (χ2n) is 3.68. The fourth-order valence-electron chi connectivity index (χ4n) is 1.82. The molecule has 2 N–H and O–H groups in total. The Morgan fingerprint density at radius 1 is 1.50 bits per heavy atom. The van der Waals surface area contributed by atoms with Crippen molar-refractivity contribution in [3.63, 3.8) is 0 Å². The molecule has 4 nitrogen and oxygen atoms in total. The third-order valence-corrected chi connectivity index (χ3v) is 2.94. The largest absolute Gasteiger partial charge is 0.394 e. The highest BCUT2D eigenvalue weighted by atomic mass is 35.5. The number of amides is 1. The van der Waals surface area contributed by atoms with Crippen LogP contribution in [-0.4, -0.2) is 29.2 Å². The molecule has 0 saturated carbocycles. The number of halogens is 1. The zero-order valence-corrected chi connectivity index (χ0v) is 9.44. The number of carbonyl (C=O) groups is 1. The van der Waals surface area contributed by atoms with Crippen molar-refractivity contribution in [2.45, 2.75) is 12.5 Å². The van der Waals surface area contributed by atoms with E-state index in [4.69, 9.17) is 16.7 Å². The summed E-state index contributed by atoms with van der Waals surface area (Å²) in [5.41, 5.74) is 3.95. The summed E-state index contributed by atoms with van der Waals surface area (Å²) in [5.74, 6) is -0.0148. The Labute approximate surface area is 98.8 Å². The Morgan fingerprint density at radius 2 is 2.25 bits per heavy atom. The molecule has 1 atom stereocenters. The lowest BCUT2D eigenvalue weighted by Crippen LogP contribution is -2.37. The Bertz CT molecular complexity index is 397. The number of rotatable bonds is 3. The molecule has 1 aliphatic heterocycles. The molecule has 0 aromatic heterocycles. The summed E-state index contributed by atoms with van der Waals surface area (Å²) in [4.78, 5) is 11.6. The molecule has 1 aromatic rings. The highest BCUT2D eigenvalue weighted by Gasteiger charge is 2.30. The van der Waals surface area contributed by atoms with Crippen molar-refractivity contribution < 1.29 is 9.90 Å². The van der Waals surface area contributed by atoms with Gasteiger partial charge >= 0.3 is 0 Å². The van der Waals surface area contributed by atoms with Crippen LogP contribution >= 0.6 is 11.6 Å². The number of nitrogens with zero attached hydrogens (tertiary/aromatic N) is 1. The first-order chi connectivity index (χ1) is 7.72. The number of hydrogen-bond donors (Lipinski definition) is 2. The standard InChI is InChI=1S/C11H13ClN2O2/c12-9-4-2-1-3-8(9)10-7-11(16)14(13-10)5-6-15/h1-4,10,13,15H,5-7H2. The summed E-state index contributed by atoms with van der Waals surface area (Å²) in [6.45, 7) is 0.258. The molecule has 5 heteroatoms. The first-order valence-electron chi connectivity index (χ1n) is 5.14. The van der Waals surface area contributed by atoms with Gasteiger partial charge in [0.2, 0.25) is 5.91 Å². The normalized spacial score (nSPS) is 20.5. The van der Waals surface area contributed by atoms with Crippen LogP contribution in [0.4, 0.5) is 0 Å². The van der Waals surface area contributed by atoms with Gasteiger partial charge in [0, 0.05) is 11.4 Å². The number of aliphatic hydroxyl groups is 1. The van der Waals surface area contributed by atoms with Gasteiger partial charge in [-0.25, -0.2) is 5.43 Å². The molecule has 16 heavy (non-hydrogen) atoms. The maximum absolute atomic E-state index is 11.6. The van der Waals surface area contributed by atoms with Gasteiger partial charge in [0.05, 0.1) is 19.2 Å². The zero-order valence-electron chi connectivity index (χ0n) is 8.69. The maximum Gasteiger partial charge on any atom is 0.238 e. The Kier molecular flexibility index (Phi) is 3.43. The van der Waals surface area contributed by atoms with Crippen molar-refractivity contribution >= 4 is 17.5 Å². The van der Waals surface area contributed by atoms with Crippen LogP contribution in [-0.2, 0) is 4.79 Å². The number of carbonyl (C=O) groups excluding carboxylic acids is 1. The van der Waals surface area contributed by atoms with E-state index in [1.165, 1.54) is 5.01 Å². The monoisotopic (exact) mass is 240 g/mol. The van der Waals surface area contributed by atoms with Crippen molar-refractivity contribution in [1.82, 2.24) is 10.4 Å². The van der Waals surface area contributed by atoms with Gasteiger partial charge in [-0.3, -0.25) is 9.80 Å². The second kappa shape index (κ2) is 4.82. The van der Waals surface area contributed by atoms with E-state index in [0.29, 0.717) is 18.0 Å². The number of hydrogen-bond acceptors (Lipinski definition) is 3. The molecule has 1 fully saturated rings. The number of benzene rings is 1. The lowest BCUT2D eigenvalue weighted by atomic mass is 10.1. The molecule has 86 valence electrons. The fraction of sp³-hybridized carbons (Fsp3) is 0.364. The predicted octanol–water partition coefficient (Wildman–Crippen LogP) is 1.11. The van der Waals surface area contributed by atoms with Crippen LogP contribution in [0, 0.1) is 0 Å². The summed E-state index contributed by atoms with van der Waals surface area (Å²) >= 11 is 6.06. The van der Waals surface area contributed by atoms with Crippen LogP contribution in [0.2, 0.25) is 5.02 Å². The number of hydrazine groups is 1. The van der Waals surface area contributed by atoms with Gasteiger partial charge in [-0.15, -0.1) is 0 Å². The van der Waals surface area contributed by atoms with Gasteiger partial charge in [-0.1, -0.05) is 29.8 Å². The molecule has 1 unspecified atom stereocenters. The molecule has 2 rings (SSSR count). The third kappa shape index (κ3) is 2.19. The van der Waals surface area contributed by atoms with Crippen molar-refractivity contribution in [3.05, 3.63) is 34.9 Å². The van der Waals surface area contributed by atoms with Gasteiger partial charge in [0.15, 0.2) is 0 Å². The summed E-state index contributed by atoms with van der Waals surface area (Å²) in [5, 5.41) is 10.9. The highest BCUT2D eigenvalue weighted by molar-refractivity contribution is 6.31. The minimum Gasteiger partial charge on any atom is -0.394 e. The summed E-state index contributed by atoms with van der Waals surface area (Å²) in [6, 6.07) is 7.36. The van der Waals surface area contributed by atoms with Crippen molar-refractivity contribution in [2.24, 2.45) is 0 Å². The lowest BCUT2D eigenvalue weighted by Gasteiger charge is -2.17. The smallest absolute Gasteiger partial charge is 0.238 e. The molecular formula is C11H13ClN2O2. The van der Waals surface area contributed by atoms with Gasteiger partial charge in [0.25, 0.3) is 0 Å². The van der Waals surface area contributed by atoms with Crippen LogP contribution in [0.25, 0.3) is 0 Å². The van der Waals surface area contributed by atoms with E-state index in [-0.39, 0.29) is 18.6 Å². The fourth-order valence-corrected chi connectivity index (χ4v) is 2.08. The van der Waals surface area contributed by atoms with E-state index in [1.54, 1.807) is 6.07 Å². The zero-order chi connectivity index (χ0) is 11.5. The van der Waals surface area contributed by atoms with Gasteiger partial charge < -0.3 is 5.11 Å². The van der Waals surface area contributed by atoms with Crippen LogP contribution in [0.5, 0.6) is 0 Å². The average molecular weight is 241 g/mol. The van der Waals surface area contributed by atoms with Crippen molar-refractivity contribution in [2.75, 3.05) is 13.2 Å². The molecule has 0 bridgehead atoms. The topological polar surface area (TPSA) is 52.6 Å². The van der Waals surface area contributed by atoms with E-state index in [9.17, 15) is 4.79 Å². The molecule has 1 amide bonds. The number of nitrogens with one attached hydrogen (secondary N) is 1. The van der Waals surface area contributed by atoms with E-state index >= 15 is 0 Å². The number of β-amino-alcohol motifs (C(OH)–C–C–N with tert-alkyl or cyclic N) is 1. The Balaban J connectivity index is 2.14. The summed E-state index contributed by atoms with van der Waals surface area (Å²) in [7, 11) is 0. The van der Waals surface area contributed by atoms with Crippen LogP contribution < -0.4 is 5.43 Å². The van der Waals surface area contributed by atoms with Crippen LogP contribution in [0.1, 0.15) is 18.0 Å². The van der Waals surface area contributed by atoms with E-state index in [2.05, 4.69) is 5.43 Å². The maximum atomic E-state index is 11.6. The number of aliphatic hydroxyl groups excluding tert-OH is 1. The first-order valence-corrected chi connectivity index (χ1v) is 5.52. The molecule has 0 radical (unpaired) electrons. The predicted molar refractivity (Wildman–Crippen MR) is 60.7 cm³/mol. The van der Waals surface area contributed by atoms with Crippen molar-refractivity contribution in [1.29, 1.82) is 0 Å². The minimum atomic E-state index is -0.0900. The second-order valence-corrected chi connectivity index (χ2v) is 4.08. The van der Waals surface area contributed by atoms with E-state index < -0.39 is 0 Å². The highest BCUT2D eigenvalue weighted by Crippen LogP contribution is 2.28. The lowest BCUT2D eigenvalue weighted by molar-refractivity contribution is -0.130. The SMILES string of the molecule is O=C1CC(c2ccccc2Cl)NN1CCO. The quantitative estimate of drug-likeness (QED) is 0.832. The van der Waals surface area contributed by atoms with E-state index in [0.717, 1.165) is 5.56 Å². The van der Waals surface area contributed by atoms with Gasteiger partial charge in [-0.05, 0) is 11.6 Å². The third-order valence-electron chi connectivity index (χ3n) is 2.60. The van der Waals surface area contributed by atoms with Crippen LogP contribution in [0.15, 0.2) is 24.3 Å². The van der Waals surface area contributed by atoms with E-state index in [1.807, 2.05) is 18.2 Å². The molecule has 1 aromatic carbocycles. The minimum absolute atomic E-state index is 0.0148. The molecule has 1 aliphatic rings. The Hall–Kier alpha value is -1.10. The summed E-state index contributed by atoms with van der Waals surface area (Å²) < 4.78 is 0. The molecular weight excluding hydrogens is 228 g/mol. The summed E-state index contributed by atoms with van der Waals surface area (Å²) in [6.07, 6.45) is 0.379. The molecule has 0 spiro atoms. The van der Waals surface area contributed by atoms with Gasteiger partial charge in [0.1, 0.15) is 0 Å². The average Bonchev–Trinajstić information content (AvgIpc) is 2.61. The Morgan fingerprint density at radius 3 is 2.94 bits per heavy atom. The van der Waals surface area contributed by atoms with Crippen LogP contribution in [0.3, 0.4) is 0 Å².